The lowest BCUT2D eigenvalue weighted by Crippen LogP contribution is -2.38. The van der Waals surface area contributed by atoms with Crippen LogP contribution >= 0.6 is 0 Å². The standard InChI is InChI=1S/C8H18N6.H2O/c1-7(2,5(9)10)13-14-8(3,4)6(11)12;/h1-4H3,(H3,9,10)(H3,11,12);1H2. The monoisotopic (exact) mass is 216 g/mol. The second-order valence-corrected chi connectivity index (χ2v) is 4.15. The van der Waals surface area contributed by atoms with Crippen LogP contribution in [0.4, 0.5) is 0 Å². The molecule has 0 unspecified atom stereocenters. The summed E-state index contributed by atoms with van der Waals surface area (Å²) in [5.41, 5.74) is 8.96. The van der Waals surface area contributed by atoms with Gasteiger partial charge < -0.3 is 16.9 Å². The zero-order chi connectivity index (χ0) is 11.6. The number of hydrogen-bond acceptors (Lipinski definition) is 4. The molecule has 0 aliphatic heterocycles. The quantitative estimate of drug-likeness (QED) is 0.297. The van der Waals surface area contributed by atoms with Crippen molar-refractivity contribution in [2.45, 2.75) is 38.8 Å². The normalized spacial score (nSPS) is 12.3. The molecule has 0 saturated carbocycles. The Kier molecular flexibility index (Phi) is 5.14. The summed E-state index contributed by atoms with van der Waals surface area (Å²) in [4.78, 5) is 0. The van der Waals surface area contributed by atoms with E-state index < -0.39 is 11.1 Å². The fourth-order valence-corrected chi connectivity index (χ4v) is 0.358. The van der Waals surface area contributed by atoms with Gasteiger partial charge in [0.05, 0.1) is 0 Å². The first kappa shape index (κ1) is 15.9. The number of nitrogens with two attached hydrogens (primary N) is 2. The van der Waals surface area contributed by atoms with E-state index in [4.69, 9.17) is 22.3 Å². The van der Waals surface area contributed by atoms with E-state index in [1.54, 1.807) is 27.7 Å². The maximum absolute atomic E-state index is 7.25. The SMILES string of the molecule is CC(C)(N=NC(C)(C)C(=N)N)C(=N)N.O. The average molecular weight is 216 g/mol. The highest BCUT2D eigenvalue weighted by Crippen LogP contribution is 2.15. The van der Waals surface area contributed by atoms with Gasteiger partial charge in [-0.2, -0.15) is 10.2 Å². The number of hydrogen-bond donors (Lipinski definition) is 4. The number of rotatable bonds is 4. The first-order valence-corrected chi connectivity index (χ1v) is 4.22. The molecule has 0 heterocycles. The maximum Gasteiger partial charge on any atom is 0.132 e. The molecule has 88 valence electrons. The third-order valence-electron chi connectivity index (χ3n) is 1.87. The minimum atomic E-state index is -0.841. The molecule has 0 aliphatic rings. The second kappa shape index (κ2) is 4.83. The highest BCUT2D eigenvalue weighted by molar-refractivity contribution is 5.87. The van der Waals surface area contributed by atoms with Crippen LogP contribution in [0, 0.1) is 10.8 Å². The number of nitrogens with zero attached hydrogens (tertiary/aromatic N) is 2. The van der Waals surface area contributed by atoms with Gasteiger partial charge in [0.15, 0.2) is 0 Å². The minimum Gasteiger partial charge on any atom is -0.412 e. The van der Waals surface area contributed by atoms with E-state index in [2.05, 4.69) is 10.2 Å². The Labute approximate surface area is 89.3 Å². The van der Waals surface area contributed by atoms with Gasteiger partial charge in [-0.15, -0.1) is 0 Å². The van der Waals surface area contributed by atoms with Crippen molar-refractivity contribution in [1.29, 1.82) is 10.8 Å². The Morgan fingerprint density at radius 3 is 1.20 bits per heavy atom. The van der Waals surface area contributed by atoms with Gasteiger partial charge in [0.2, 0.25) is 0 Å². The lowest BCUT2D eigenvalue weighted by atomic mass is 10.1. The van der Waals surface area contributed by atoms with E-state index in [9.17, 15) is 0 Å². The van der Waals surface area contributed by atoms with Gasteiger partial charge in [-0.1, -0.05) is 0 Å². The van der Waals surface area contributed by atoms with E-state index in [1.165, 1.54) is 0 Å². The Bertz CT molecular complexity index is 253. The van der Waals surface area contributed by atoms with Crippen LogP contribution in [0.3, 0.4) is 0 Å². The fourth-order valence-electron chi connectivity index (χ4n) is 0.358. The van der Waals surface area contributed by atoms with Gasteiger partial charge in [0.25, 0.3) is 0 Å². The number of azo groups is 1. The molecular formula is C8H20N6O. The van der Waals surface area contributed by atoms with E-state index in [0.29, 0.717) is 0 Å². The number of amidine groups is 2. The van der Waals surface area contributed by atoms with Crippen molar-refractivity contribution in [2.75, 3.05) is 0 Å². The van der Waals surface area contributed by atoms with Gasteiger partial charge in [-0.3, -0.25) is 10.8 Å². The van der Waals surface area contributed by atoms with Crippen LogP contribution in [0.25, 0.3) is 0 Å². The van der Waals surface area contributed by atoms with Crippen molar-refractivity contribution in [1.82, 2.24) is 0 Å². The van der Waals surface area contributed by atoms with Crippen LogP contribution in [0.2, 0.25) is 0 Å². The van der Waals surface area contributed by atoms with Gasteiger partial charge in [-0.25, -0.2) is 0 Å². The van der Waals surface area contributed by atoms with Crippen LogP contribution in [-0.2, 0) is 0 Å². The molecule has 15 heavy (non-hydrogen) atoms. The predicted molar refractivity (Wildman–Crippen MR) is 60.5 cm³/mol. The second-order valence-electron chi connectivity index (χ2n) is 4.15. The molecule has 0 spiro atoms. The summed E-state index contributed by atoms with van der Waals surface area (Å²) in [6.45, 7) is 6.70. The summed E-state index contributed by atoms with van der Waals surface area (Å²) in [7, 11) is 0. The van der Waals surface area contributed by atoms with Crippen LogP contribution in [0.1, 0.15) is 27.7 Å². The van der Waals surface area contributed by atoms with Crippen molar-refractivity contribution in [3.8, 4) is 0 Å². The Morgan fingerprint density at radius 1 is 0.867 bits per heavy atom. The third kappa shape index (κ3) is 4.50. The van der Waals surface area contributed by atoms with Crippen LogP contribution in [0.5, 0.6) is 0 Å². The van der Waals surface area contributed by atoms with E-state index in [-0.39, 0.29) is 17.1 Å². The molecule has 8 N–H and O–H groups in total. The van der Waals surface area contributed by atoms with Crippen molar-refractivity contribution in [2.24, 2.45) is 21.7 Å². The van der Waals surface area contributed by atoms with E-state index >= 15 is 0 Å². The minimum absolute atomic E-state index is 0. The van der Waals surface area contributed by atoms with Crippen molar-refractivity contribution in [3.63, 3.8) is 0 Å². The summed E-state index contributed by atoms with van der Waals surface area (Å²) < 4.78 is 0. The molecule has 0 fully saturated rings. The van der Waals surface area contributed by atoms with Crippen molar-refractivity contribution >= 4 is 11.7 Å². The van der Waals surface area contributed by atoms with Crippen LogP contribution in [-0.4, -0.2) is 28.2 Å². The molecule has 0 radical (unpaired) electrons. The lowest BCUT2D eigenvalue weighted by molar-refractivity contribution is 0.557. The highest BCUT2D eigenvalue weighted by Gasteiger charge is 2.25. The molecule has 0 atom stereocenters. The van der Waals surface area contributed by atoms with Gasteiger partial charge in [-0.05, 0) is 27.7 Å². The first-order valence-electron chi connectivity index (χ1n) is 4.22. The number of nitrogens with one attached hydrogen (secondary N) is 2. The zero-order valence-corrected chi connectivity index (χ0v) is 9.55. The molecule has 0 amide bonds. The summed E-state index contributed by atoms with van der Waals surface area (Å²) in [6, 6.07) is 0. The van der Waals surface area contributed by atoms with Crippen LogP contribution in [0.15, 0.2) is 10.2 Å². The molecule has 7 nitrogen and oxygen atoms in total. The van der Waals surface area contributed by atoms with Gasteiger partial charge in [0, 0.05) is 0 Å². The summed E-state index contributed by atoms with van der Waals surface area (Å²) in [6.07, 6.45) is 0. The van der Waals surface area contributed by atoms with E-state index in [1.807, 2.05) is 0 Å². The Hall–Kier alpha value is -1.50. The highest BCUT2D eigenvalue weighted by atomic mass is 16.0. The molecule has 0 aromatic rings. The molecule has 0 rings (SSSR count). The Balaban J connectivity index is 0. The van der Waals surface area contributed by atoms with Crippen LogP contribution < -0.4 is 11.5 Å². The topological polar surface area (TPSA) is 156 Å². The Morgan fingerprint density at radius 2 is 1.07 bits per heavy atom. The van der Waals surface area contributed by atoms with Gasteiger partial charge in [0.1, 0.15) is 22.7 Å². The maximum atomic E-state index is 7.25. The molecule has 0 aromatic carbocycles. The summed E-state index contributed by atoms with van der Waals surface area (Å²) in [5, 5.41) is 22.3. The summed E-state index contributed by atoms with van der Waals surface area (Å²) >= 11 is 0. The third-order valence-corrected chi connectivity index (χ3v) is 1.87. The molecule has 0 saturated heterocycles. The zero-order valence-electron chi connectivity index (χ0n) is 9.55. The molecule has 0 aromatic heterocycles. The molecule has 7 heteroatoms. The fraction of sp³-hybridized carbons (Fsp3) is 0.750. The van der Waals surface area contributed by atoms with Crippen molar-refractivity contribution < 1.29 is 5.48 Å². The average Bonchev–Trinajstić information content (AvgIpc) is 2.01. The largest absolute Gasteiger partial charge is 0.412 e. The van der Waals surface area contributed by atoms with Crippen molar-refractivity contribution in [3.05, 3.63) is 0 Å². The lowest BCUT2D eigenvalue weighted by Gasteiger charge is -2.20. The smallest absolute Gasteiger partial charge is 0.132 e. The first-order chi connectivity index (χ1) is 6.09. The predicted octanol–water partition coefficient (Wildman–Crippen LogP) is 0.0430. The molecular weight excluding hydrogens is 196 g/mol. The summed E-state index contributed by atoms with van der Waals surface area (Å²) in [5.74, 6) is -0.138. The van der Waals surface area contributed by atoms with E-state index in [0.717, 1.165) is 0 Å². The molecule has 0 aliphatic carbocycles. The molecule has 0 bridgehead atoms. The van der Waals surface area contributed by atoms with Gasteiger partial charge >= 0.3 is 0 Å².